The fourth-order valence-electron chi connectivity index (χ4n) is 3.47. The molecule has 0 amide bonds. The molecule has 144 valence electrons. The zero-order chi connectivity index (χ0) is 18.9. The Balaban J connectivity index is 1.40. The molecular formula is C18H23F2N7. The molecule has 0 unspecified atom stereocenters. The second kappa shape index (κ2) is 7.21. The Hall–Kier alpha value is -2.58. The van der Waals surface area contributed by atoms with Gasteiger partial charge in [-0.1, -0.05) is 0 Å². The summed E-state index contributed by atoms with van der Waals surface area (Å²) in [6.07, 6.45) is 3.05. The van der Waals surface area contributed by atoms with Crippen LogP contribution in [0.3, 0.4) is 0 Å². The molecule has 4 heterocycles. The highest BCUT2D eigenvalue weighted by molar-refractivity contribution is 5.51. The maximum atomic E-state index is 13.4. The van der Waals surface area contributed by atoms with Crippen LogP contribution < -0.4 is 14.7 Å². The van der Waals surface area contributed by atoms with E-state index in [-0.39, 0.29) is 12.8 Å². The lowest BCUT2D eigenvalue weighted by atomic mass is 10.1. The first-order chi connectivity index (χ1) is 13.0. The summed E-state index contributed by atoms with van der Waals surface area (Å²) in [5.74, 6) is -0.241. The molecule has 7 nitrogen and oxygen atoms in total. The number of rotatable bonds is 3. The molecule has 0 aromatic carbocycles. The van der Waals surface area contributed by atoms with Gasteiger partial charge in [0.1, 0.15) is 18.0 Å². The lowest BCUT2D eigenvalue weighted by molar-refractivity contribution is -0.0221. The number of anilines is 3. The van der Waals surface area contributed by atoms with E-state index in [1.54, 1.807) is 6.20 Å². The number of nitrogens with zero attached hydrogens (tertiary/aromatic N) is 7. The lowest BCUT2D eigenvalue weighted by Crippen LogP contribution is -2.47. The highest BCUT2D eigenvalue weighted by atomic mass is 19.3. The fourth-order valence-corrected chi connectivity index (χ4v) is 3.47. The molecule has 0 radical (unpaired) electrons. The first kappa shape index (κ1) is 17.8. The molecule has 2 aliphatic heterocycles. The summed E-state index contributed by atoms with van der Waals surface area (Å²) in [5.41, 5.74) is 0.954. The molecule has 2 aromatic rings. The van der Waals surface area contributed by atoms with Crippen molar-refractivity contribution in [2.75, 3.05) is 54.0 Å². The van der Waals surface area contributed by atoms with E-state index in [0.717, 1.165) is 49.5 Å². The van der Waals surface area contributed by atoms with Crippen LogP contribution in [-0.4, -0.2) is 65.1 Å². The minimum atomic E-state index is -2.56. The van der Waals surface area contributed by atoms with Crippen LogP contribution in [0.25, 0.3) is 0 Å². The van der Waals surface area contributed by atoms with Gasteiger partial charge >= 0.3 is 0 Å². The summed E-state index contributed by atoms with van der Waals surface area (Å²) in [4.78, 5) is 23.8. The highest BCUT2D eigenvalue weighted by Gasteiger charge is 2.34. The maximum Gasteiger partial charge on any atom is 0.251 e. The molecule has 0 bridgehead atoms. The van der Waals surface area contributed by atoms with Gasteiger partial charge in [0.2, 0.25) is 5.95 Å². The molecule has 0 atom stereocenters. The van der Waals surface area contributed by atoms with E-state index in [9.17, 15) is 8.78 Å². The number of piperidine rings is 1. The first-order valence-electron chi connectivity index (χ1n) is 9.25. The largest absolute Gasteiger partial charge is 0.356 e. The number of piperazine rings is 1. The molecule has 2 fully saturated rings. The number of hydrogen-bond acceptors (Lipinski definition) is 7. The molecule has 0 aliphatic carbocycles. The van der Waals surface area contributed by atoms with Crippen LogP contribution in [0, 0.1) is 6.92 Å². The Morgan fingerprint density at radius 2 is 1.44 bits per heavy atom. The Bertz CT molecular complexity index is 783. The Labute approximate surface area is 157 Å². The second-order valence-electron chi connectivity index (χ2n) is 7.05. The van der Waals surface area contributed by atoms with Crippen LogP contribution in [-0.2, 0) is 0 Å². The topological polar surface area (TPSA) is 61.3 Å². The van der Waals surface area contributed by atoms with Gasteiger partial charge in [-0.15, -0.1) is 0 Å². The van der Waals surface area contributed by atoms with E-state index >= 15 is 0 Å². The fraction of sp³-hybridized carbons (Fsp3) is 0.556. The lowest BCUT2D eigenvalue weighted by Gasteiger charge is -2.36. The Morgan fingerprint density at radius 1 is 0.852 bits per heavy atom. The Kier molecular flexibility index (Phi) is 4.75. The van der Waals surface area contributed by atoms with Gasteiger partial charge in [-0.05, 0) is 13.0 Å². The van der Waals surface area contributed by atoms with Crippen LogP contribution in [0.4, 0.5) is 26.4 Å². The van der Waals surface area contributed by atoms with Gasteiger partial charge < -0.3 is 14.7 Å². The first-order valence-corrected chi connectivity index (χ1v) is 9.25. The van der Waals surface area contributed by atoms with Crippen molar-refractivity contribution in [1.29, 1.82) is 0 Å². The van der Waals surface area contributed by atoms with E-state index in [1.807, 2.05) is 24.0 Å². The van der Waals surface area contributed by atoms with Crippen molar-refractivity contribution in [3.63, 3.8) is 0 Å². The number of halogens is 2. The van der Waals surface area contributed by atoms with Crippen LogP contribution in [0.15, 0.2) is 24.7 Å². The SMILES string of the molecule is Cc1ccnc(N2CCN(c3cc(N4CCC(F)(F)CC4)ncn3)CC2)n1. The molecule has 0 spiro atoms. The van der Waals surface area contributed by atoms with Crippen LogP contribution in [0.1, 0.15) is 18.5 Å². The highest BCUT2D eigenvalue weighted by Crippen LogP contribution is 2.30. The normalized spacial score (nSPS) is 20.0. The number of aromatic nitrogens is 4. The van der Waals surface area contributed by atoms with Crippen molar-refractivity contribution in [3.05, 3.63) is 30.4 Å². The monoisotopic (exact) mass is 375 g/mol. The summed E-state index contributed by atoms with van der Waals surface area (Å²) in [6, 6.07) is 3.79. The number of alkyl halides is 2. The van der Waals surface area contributed by atoms with Crippen molar-refractivity contribution in [3.8, 4) is 0 Å². The predicted molar refractivity (Wildman–Crippen MR) is 99.6 cm³/mol. The van der Waals surface area contributed by atoms with Gasteiger partial charge in [0, 0.05) is 70.1 Å². The average molecular weight is 375 g/mol. The third kappa shape index (κ3) is 4.06. The third-order valence-corrected chi connectivity index (χ3v) is 5.13. The van der Waals surface area contributed by atoms with Crippen LogP contribution in [0.5, 0.6) is 0 Å². The summed E-state index contributed by atoms with van der Waals surface area (Å²) in [7, 11) is 0. The van der Waals surface area contributed by atoms with Gasteiger partial charge in [-0.2, -0.15) is 0 Å². The summed E-state index contributed by atoms with van der Waals surface area (Å²) in [5, 5.41) is 0. The quantitative estimate of drug-likeness (QED) is 0.814. The standard InChI is InChI=1S/C18H23F2N7/c1-14-2-5-21-17(24-14)27-10-8-26(9-11-27)16-12-15(22-13-23-16)25-6-3-18(19,20)4-7-25/h2,5,12-13H,3-4,6-11H2,1H3. The molecule has 0 saturated carbocycles. The molecule has 2 saturated heterocycles. The van der Waals surface area contributed by atoms with Gasteiger partial charge in [0.25, 0.3) is 5.92 Å². The number of hydrogen-bond donors (Lipinski definition) is 0. The Morgan fingerprint density at radius 3 is 2.07 bits per heavy atom. The zero-order valence-corrected chi connectivity index (χ0v) is 15.4. The molecule has 0 N–H and O–H groups in total. The minimum absolute atomic E-state index is 0.124. The molecular weight excluding hydrogens is 352 g/mol. The average Bonchev–Trinajstić information content (AvgIpc) is 2.68. The number of aryl methyl sites for hydroxylation is 1. The van der Waals surface area contributed by atoms with Gasteiger partial charge in [0.15, 0.2) is 0 Å². The van der Waals surface area contributed by atoms with Crippen molar-refractivity contribution < 1.29 is 8.78 Å². The van der Waals surface area contributed by atoms with Crippen molar-refractivity contribution >= 4 is 17.6 Å². The minimum Gasteiger partial charge on any atom is -0.356 e. The molecule has 2 aromatic heterocycles. The molecule has 27 heavy (non-hydrogen) atoms. The maximum absolute atomic E-state index is 13.4. The zero-order valence-electron chi connectivity index (χ0n) is 15.4. The molecule has 2 aliphatic rings. The summed E-state index contributed by atoms with van der Waals surface area (Å²) >= 11 is 0. The van der Waals surface area contributed by atoms with E-state index in [0.29, 0.717) is 13.1 Å². The van der Waals surface area contributed by atoms with Gasteiger partial charge in [-0.3, -0.25) is 0 Å². The summed E-state index contributed by atoms with van der Waals surface area (Å²) in [6.45, 7) is 5.80. The van der Waals surface area contributed by atoms with Crippen LogP contribution >= 0.6 is 0 Å². The third-order valence-electron chi connectivity index (χ3n) is 5.13. The predicted octanol–water partition coefficient (Wildman–Crippen LogP) is 2.14. The van der Waals surface area contributed by atoms with Gasteiger partial charge in [0.05, 0.1) is 0 Å². The van der Waals surface area contributed by atoms with Crippen LogP contribution in [0.2, 0.25) is 0 Å². The molecule has 4 rings (SSSR count). The van der Waals surface area contributed by atoms with E-state index < -0.39 is 5.92 Å². The smallest absolute Gasteiger partial charge is 0.251 e. The van der Waals surface area contributed by atoms with Gasteiger partial charge in [-0.25, -0.2) is 28.7 Å². The molecule has 9 heteroatoms. The van der Waals surface area contributed by atoms with Crippen molar-refractivity contribution in [1.82, 2.24) is 19.9 Å². The van der Waals surface area contributed by atoms with E-state index in [4.69, 9.17) is 0 Å². The van der Waals surface area contributed by atoms with E-state index in [1.165, 1.54) is 6.33 Å². The van der Waals surface area contributed by atoms with E-state index in [2.05, 4.69) is 29.7 Å². The summed E-state index contributed by atoms with van der Waals surface area (Å²) < 4.78 is 26.8. The van der Waals surface area contributed by atoms with Crippen molar-refractivity contribution in [2.24, 2.45) is 0 Å². The van der Waals surface area contributed by atoms with Crippen molar-refractivity contribution in [2.45, 2.75) is 25.7 Å². The second-order valence-corrected chi connectivity index (χ2v) is 7.05.